The van der Waals surface area contributed by atoms with E-state index >= 15 is 0 Å². The summed E-state index contributed by atoms with van der Waals surface area (Å²) < 4.78 is 0. The molecule has 0 radical (unpaired) electrons. The Morgan fingerprint density at radius 3 is 2.67 bits per heavy atom. The number of H-pyrrole nitrogens is 1. The lowest BCUT2D eigenvalue weighted by Crippen LogP contribution is -2.54. The monoisotopic (exact) mass is 365 g/mol. The average molecular weight is 365 g/mol. The second kappa shape index (κ2) is 6.79. The van der Waals surface area contributed by atoms with Crippen molar-refractivity contribution in [2.24, 2.45) is 0 Å². The molecule has 2 aliphatic heterocycles. The fraction of sp³-hybridized carbons (Fsp3) is 0.421. The van der Waals surface area contributed by atoms with E-state index in [1.54, 1.807) is 6.33 Å². The van der Waals surface area contributed by atoms with Gasteiger partial charge in [0.05, 0.1) is 17.5 Å². The number of anilines is 2. The largest absolute Gasteiger partial charge is 0.390 e. The minimum atomic E-state index is -0.379. The van der Waals surface area contributed by atoms with Gasteiger partial charge < -0.3 is 19.9 Å². The number of β-amino-alcohol motifs (C(OH)–C–C–N with tert-alkyl or cyclic N) is 1. The van der Waals surface area contributed by atoms with Crippen LogP contribution in [-0.2, 0) is 0 Å². The van der Waals surface area contributed by atoms with Crippen LogP contribution >= 0.6 is 0 Å². The van der Waals surface area contributed by atoms with E-state index < -0.39 is 0 Å². The molecule has 2 fully saturated rings. The molecule has 0 aliphatic carbocycles. The quantitative estimate of drug-likeness (QED) is 0.708. The lowest BCUT2D eigenvalue weighted by atomic mass is 10.1. The van der Waals surface area contributed by atoms with E-state index in [9.17, 15) is 5.11 Å². The van der Waals surface area contributed by atoms with Gasteiger partial charge in [-0.1, -0.05) is 6.07 Å². The van der Waals surface area contributed by atoms with Crippen LogP contribution in [0, 0.1) is 0 Å². The molecule has 5 heterocycles. The van der Waals surface area contributed by atoms with Crippen molar-refractivity contribution >= 4 is 22.7 Å². The highest BCUT2D eigenvalue weighted by Crippen LogP contribution is 2.28. The Hall–Kier alpha value is -2.71. The maximum atomic E-state index is 10.7. The Labute approximate surface area is 157 Å². The molecule has 2 saturated heterocycles. The maximum Gasteiger partial charge on any atom is 0.142 e. The first-order valence-electron chi connectivity index (χ1n) is 9.41. The van der Waals surface area contributed by atoms with E-state index in [0.717, 1.165) is 55.4 Å². The number of nitrogens with zero attached hydrogens (tertiary/aromatic N) is 6. The number of aromatic amines is 1. The molecule has 2 atom stereocenters. The van der Waals surface area contributed by atoms with Crippen molar-refractivity contribution in [2.75, 3.05) is 49.1 Å². The fourth-order valence-electron chi connectivity index (χ4n) is 4.24. The summed E-state index contributed by atoms with van der Waals surface area (Å²) in [4.78, 5) is 23.2. The van der Waals surface area contributed by atoms with Gasteiger partial charge in [0.2, 0.25) is 0 Å². The van der Waals surface area contributed by atoms with Crippen molar-refractivity contribution in [1.29, 1.82) is 0 Å². The highest BCUT2D eigenvalue weighted by Gasteiger charge is 2.38. The summed E-state index contributed by atoms with van der Waals surface area (Å²) in [6, 6.07) is 8.14. The summed E-state index contributed by atoms with van der Waals surface area (Å²) in [7, 11) is 0. The number of pyridine rings is 1. The lowest BCUT2D eigenvalue weighted by Gasteiger charge is -2.39. The number of fused-ring (bicyclic) bond motifs is 1. The molecule has 0 bridgehead atoms. The number of aromatic nitrogens is 4. The van der Waals surface area contributed by atoms with Crippen LogP contribution in [0.15, 0.2) is 43.0 Å². The summed E-state index contributed by atoms with van der Waals surface area (Å²) in [5, 5.41) is 11.7. The first-order valence-corrected chi connectivity index (χ1v) is 9.41. The first kappa shape index (κ1) is 16.5. The number of hydrogen-bond donors (Lipinski definition) is 2. The Morgan fingerprint density at radius 2 is 1.85 bits per heavy atom. The van der Waals surface area contributed by atoms with Crippen molar-refractivity contribution < 1.29 is 5.11 Å². The van der Waals surface area contributed by atoms with Gasteiger partial charge in [0, 0.05) is 51.7 Å². The van der Waals surface area contributed by atoms with Crippen LogP contribution in [0.4, 0.5) is 11.6 Å². The van der Waals surface area contributed by atoms with Crippen molar-refractivity contribution in [1.82, 2.24) is 24.8 Å². The van der Waals surface area contributed by atoms with Gasteiger partial charge >= 0.3 is 0 Å². The predicted molar refractivity (Wildman–Crippen MR) is 104 cm³/mol. The highest BCUT2D eigenvalue weighted by molar-refractivity contribution is 5.87. The summed E-state index contributed by atoms with van der Waals surface area (Å²) in [5.74, 6) is 1.93. The van der Waals surface area contributed by atoms with Gasteiger partial charge in [0.25, 0.3) is 0 Å². The third kappa shape index (κ3) is 3.00. The summed E-state index contributed by atoms with van der Waals surface area (Å²) in [6.07, 6.45) is 4.92. The van der Waals surface area contributed by atoms with Crippen LogP contribution in [0.3, 0.4) is 0 Å². The Balaban J connectivity index is 1.28. The topological polar surface area (TPSA) is 84.4 Å². The van der Waals surface area contributed by atoms with E-state index in [1.807, 2.05) is 30.6 Å². The van der Waals surface area contributed by atoms with Gasteiger partial charge in [-0.05, 0) is 18.2 Å². The molecule has 2 aliphatic rings. The molecule has 0 unspecified atom stereocenters. The Bertz CT molecular complexity index is 907. The molecule has 0 amide bonds. The van der Waals surface area contributed by atoms with E-state index in [-0.39, 0.29) is 12.1 Å². The predicted octanol–water partition coefficient (Wildman–Crippen LogP) is 0.725. The molecule has 140 valence electrons. The molecule has 8 nitrogen and oxygen atoms in total. The highest BCUT2D eigenvalue weighted by atomic mass is 16.3. The van der Waals surface area contributed by atoms with E-state index in [4.69, 9.17) is 0 Å². The normalized spacial score (nSPS) is 24.0. The Kier molecular flexibility index (Phi) is 4.14. The van der Waals surface area contributed by atoms with Gasteiger partial charge in [-0.3, -0.25) is 4.90 Å². The molecular weight excluding hydrogens is 342 g/mol. The maximum absolute atomic E-state index is 10.7. The summed E-state index contributed by atoms with van der Waals surface area (Å²) in [5.41, 5.74) is 0.835. The third-order valence-electron chi connectivity index (χ3n) is 5.65. The van der Waals surface area contributed by atoms with Crippen molar-refractivity contribution in [3.63, 3.8) is 0 Å². The van der Waals surface area contributed by atoms with Crippen LogP contribution in [0.1, 0.15) is 0 Å². The average Bonchev–Trinajstić information content (AvgIpc) is 3.35. The van der Waals surface area contributed by atoms with E-state index in [1.165, 1.54) is 0 Å². The van der Waals surface area contributed by atoms with E-state index in [2.05, 4.69) is 40.7 Å². The number of aliphatic hydroxyl groups is 1. The number of nitrogens with one attached hydrogen (secondary N) is 1. The van der Waals surface area contributed by atoms with Gasteiger partial charge in [-0.15, -0.1) is 0 Å². The molecule has 8 heteroatoms. The third-order valence-corrected chi connectivity index (χ3v) is 5.65. The molecule has 2 N–H and O–H groups in total. The van der Waals surface area contributed by atoms with Gasteiger partial charge in [-0.25, -0.2) is 15.0 Å². The molecule has 0 spiro atoms. The minimum Gasteiger partial charge on any atom is -0.390 e. The molecule has 0 aromatic carbocycles. The molecule has 3 aromatic heterocycles. The zero-order valence-electron chi connectivity index (χ0n) is 15.1. The summed E-state index contributed by atoms with van der Waals surface area (Å²) >= 11 is 0. The molecular formula is C19H23N7O. The van der Waals surface area contributed by atoms with Crippen molar-refractivity contribution in [3.8, 4) is 0 Å². The fourth-order valence-corrected chi connectivity index (χ4v) is 4.24. The first-order chi connectivity index (χ1) is 13.3. The second-order valence-electron chi connectivity index (χ2n) is 7.19. The molecule has 5 rings (SSSR count). The van der Waals surface area contributed by atoms with Gasteiger partial charge in [0.15, 0.2) is 0 Å². The van der Waals surface area contributed by atoms with Crippen LogP contribution in [-0.4, -0.2) is 81.4 Å². The number of aliphatic hydroxyl groups excluding tert-OH is 1. The number of piperazine rings is 1. The van der Waals surface area contributed by atoms with Gasteiger partial charge in [-0.2, -0.15) is 0 Å². The Morgan fingerprint density at radius 1 is 0.963 bits per heavy atom. The zero-order chi connectivity index (χ0) is 18.2. The second-order valence-corrected chi connectivity index (χ2v) is 7.19. The minimum absolute atomic E-state index is 0.125. The van der Waals surface area contributed by atoms with Crippen molar-refractivity contribution in [3.05, 3.63) is 43.0 Å². The van der Waals surface area contributed by atoms with E-state index in [0.29, 0.717) is 6.54 Å². The van der Waals surface area contributed by atoms with Crippen LogP contribution in [0.25, 0.3) is 11.0 Å². The van der Waals surface area contributed by atoms with Crippen LogP contribution in [0.5, 0.6) is 0 Å². The molecule has 3 aromatic rings. The lowest BCUT2D eigenvalue weighted by molar-refractivity contribution is 0.0792. The zero-order valence-corrected chi connectivity index (χ0v) is 15.1. The molecule has 0 saturated carbocycles. The molecule has 27 heavy (non-hydrogen) atoms. The summed E-state index contributed by atoms with van der Waals surface area (Å²) in [6.45, 7) is 5.08. The van der Waals surface area contributed by atoms with Crippen LogP contribution in [0.2, 0.25) is 0 Å². The standard InChI is InChI=1S/C19H23N7O/c27-16-12-26(19-14-4-6-21-18(14)22-13-23-19)11-15(16)24-7-9-25(10-8-24)17-3-1-2-5-20-17/h1-6,13,15-16,27H,7-12H2,(H,21,22,23)/t15-,16-/m1/s1. The number of hydrogen-bond acceptors (Lipinski definition) is 7. The van der Waals surface area contributed by atoms with Crippen molar-refractivity contribution in [2.45, 2.75) is 12.1 Å². The smallest absolute Gasteiger partial charge is 0.142 e. The van der Waals surface area contributed by atoms with Crippen LogP contribution < -0.4 is 9.80 Å². The number of rotatable bonds is 3. The van der Waals surface area contributed by atoms with Gasteiger partial charge in [0.1, 0.15) is 23.6 Å². The SMILES string of the molecule is O[C@@H]1CN(c2ncnc3[nH]ccc23)C[C@H]1N1CCN(c2ccccn2)CC1.